The van der Waals surface area contributed by atoms with Gasteiger partial charge >= 0.3 is 5.97 Å². The monoisotopic (exact) mass is 344 g/mol. The van der Waals surface area contributed by atoms with Gasteiger partial charge in [0.1, 0.15) is 5.75 Å². The predicted molar refractivity (Wildman–Crippen MR) is 94.5 cm³/mol. The molecule has 0 spiro atoms. The van der Waals surface area contributed by atoms with Crippen molar-refractivity contribution in [2.24, 2.45) is 5.92 Å². The molecule has 0 aromatic heterocycles. The Hall–Kier alpha value is -2.11. The number of carbonyl (C=O) groups is 1. The van der Waals surface area contributed by atoms with E-state index < -0.39 is 11.8 Å². The highest BCUT2D eigenvalue weighted by molar-refractivity contribution is 5.83. The van der Waals surface area contributed by atoms with Gasteiger partial charge in [-0.1, -0.05) is 30.3 Å². The van der Waals surface area contributed by atoms with E-state index in [-0.39, 0.29) is 5.92 Å². The van der Waals surface area contributed by atoms with Crippen LogP contribution < -0.4 is 4.74 Å². The van der Waals surface area contributed by atoms with Crippen LogP contribution in [0.3, 0.4) is 0 Å². The standard InChI is InChI=1S/C20H24O5/c1-20(19(21)22-2)24-13-15(14-25-20)6-5-11-23-18-10-9-16-7-3-4-8-17(16)12-18/h3-4,7-10,12,15H,5-6,11,13-14H2,1-2H3. The Balaban J connectivity index is 1.41. The Bertz CT molecular complexity index is 719. The van der Waals surface area contributed by atoms with Crippen LogP contribution in [0.4, 0.5) is 0 Å². The quantitative estimate of drug-likeness (QED) is 0.592. The summed E-state index contributed by atoms with van der Waals surface area (Å²) in [6.07, 6.45) is 1.82. The lowest BCUT2D eigenvalue weighted by Crippen LogP contribution is -2.48. The fourth-order valence-electron chi connectivity index (χ4n) is 2.93. The molecule has 0 radical (unpaired) electrons. The summed E-state index contributed by atoms with van der Waals surface area (Å²) in [6, 6.07) is 14.4. The zero-order valence-corrected chi connectivity index (χ0v) is 14.7. The van der Waals surface area contributed by atoms with Gasteiger partial charge < -0.3 is 18.9 Å². The van der Waals surface area contributed by atoms with E-state index in [4.69, 9.17) is 18.9 Å². The Labute approximate surface area is 147 Å². The summed E-state index contributed by atoms with van der Waals surface area (Å²) in [5.41, 5.74) is 0. The van der Waals surface area contributed by atoms with Crippen molar-refractivity contribution in [3.05, 3.63) is 42.5 Å². The number of esters is 1. The fourth-order valence-corrected chi connectivity index (χ4v) is 2.93. The molecule has 1 saturated heterocycles. The molecule has 0 aliphatic carbocycles. The number of benzene rings is 2. The van der Waals surface area contributed by atoms with Crippen molar-refractivity contribution in [1.82, 2.24) is 0 Å². The summed E-state index contributed by atoms with van der Waals surface area (Å²) in [4.78, 5) is 11.6. The van der Waals surface area contributed by atoms with Gasteiger partial charge in [-0.15, -0.1) is 0 Å². The van der Waals surface area contributed by atoms with Crippen molar-refractivity contribution in [3.8, 4) is 5.75 Å². The Morgan fingerprint density at radius 1 is 1.16 bits per heavy atom. The molecule has 1 heterocycles. The molecule has 3 rings (SSSR count). The Morgan fingerprint density at radius 2 is 1.88 bits per heavy atom. The zero-order valence-electron chi connectivity index (χ0n) is 14.7. The SMILES string of the molecule is COC(=O)C1(C)OCC(CCCOc2ccc3ccccc3c2)CO1. The average Bonchev–Trinajstić information content (AvgIpc) is 2.66. The molecule has 5 heteroatoms. The van der Waals surface area contributed by atoms with Gasteiger partial charge in [-0.3, -0.25) is 0 Å². The topological polar surface area (TPSA) is 54.0 Å². The summed E-state index contributed by atoms with van der Waals surface area (Å²) in [5, 5.41) is 2.39. The van der Waals surface area contributed by atoms with Gasteiger partial charge in [0.25, 0.3) is 5.79 Å². The van der Waals surface area contributed by atoms with Gasteiger partial charge in [0.05, 0.1) is 26.9 Å². The molecule has 25 heavy (non-hydrogen) atoms. The highest BCUT2D eigenvalue weighted by Gasteiger charge is 2.41. The molecule has 0 unspecified atom stereocenters. The van der Waals surface area contributed by atoms with Crippen LogP contribution in [-0.2, 0) is 19.0 Å². The lowest BCUT2D eigenvalue weighted by Gasteiger charge is -2.35. The molecule has 5 nitrogen and oxygen atoms in total. The largest absolute Gasteiger partial charge is 0.494 e. The molecule has 134 valence electrons. The summed E-state index contributed by atoms with van der Waals surface area (Å²) < 4.78 is 21.7. The second-order valence-corrected chi connectivity index (χ2v) is 6.42. The minimum absolute atomic E-state index is 0.262. The highest BCUT2D eigenvalue weighted by Crippen LogP contribution is 2.25. The molecular weight excluding hydrogens is 320 g/mol. The van der Waals surface area contributed by atoms with Crippen molar-refractivity contribution in [1.29, 1.82) is 0 Å². The van der Waals surface area contributed by atoms with E-state index in [0.29, 0.717) is 19.8 Å². The van der Waals surface area contributed by atoms with Crippen molar-refractivity contribution in [2.45, 2.75) is 25.6 Å². The maximum atomic E-state index is 11.6. The first kappa shape index (κ1) is 17.7. The number of ether oxygens (including phenoxy) is 4. The minimum Gasteiger partial charge on any atom is -0.494 e. The molecule has 2 aromatic carbocycles. The normalized spacial score (nSPS) is 23.4. The lowest BCUT2D eigenvalue weighted by molar-refractivity contribution is -0.272. The maximum Gasteiger partial charge on any atom is 0.366 e. The van der Waals surface area contributed by atoms with Gasteiger partial charge in [-0.2, -0.15) is 0 Å². The summed E-state index contributed by atoms with van der Waals surface area (Å²) >= 11 is 0. The smallest absolute Gasteiger partial charge is 0.366 e. The van der Waals surface area contributed by atoms with Crippen LogP contribution in [0.25, 0.3) is 10.8 Å². The number of rotatable bonds is 6. The van der Waals surface area contributed by atoms with Crippen molar-refractivity contribution >= 4 is 16.7 Å². The van der Waals surface area contributed by atoms with Gasteiger partial charge in [-0.05, 0) is 35.7 Å². The molecule has 0 bridgehead atoms. The number of fused-ring (bicyclic) bond motifs is 1. The number of hydrogen-bond acceptors (Lipinski definition) is 5. The molecule has 1 fully saturated rings. The predicted octanol–water partition coefficient (Wildman–Crippen LogP) is 3.55. The van der Waals surface area contributed by atoms with E-state index in [1.807, 2.05) is 18.2 Å². The molecule has 1 aliphatic heterocycles. The second kappa shape index (κ2) is 7.85. The van der Waals surface area contributed by atoms with E-state index in [1.165, 1.54) is 17.9 Å². The van der Waals surface area contributed by atoms with E-state index in [1.54, 1.807) is 6.92 Å². The first-order chi connectivity index (χ1) is 12.1. The number of methoxy groups -OCH3 is 1. The molecule has 1 aliphatic rings. The summed E-state index contributed by atoms with van der Waals surface area (Å²) in [5.74, 6) is -0.621. The van der Waals surface area contributed by atoms with E-state index in [0.717, 1.165) is 18.6 Å². The average molecular weight is 344 g/mol. The summed E-state index contributed by atoms with van der Waals surface area (Å²) in [7, 11) is 1.33. The lowest BCUT2D eigenvalue weighted by atomic mass is 10.0. The van der Waals surface area contributed by atoms with E-state index in [2.05, 4.69) is 24.3 Å². The highest BCUT2D eigenvalue weighted by atomic mass is 16.7. The van der Waals surface area contributed by atoms with Crippen LogP contribution in [0.1, 0.15) is 19.8 Å². The first-order valence-corrected chi connectivity index (χ1v) is 8.59. The van der Waals surface area contributed by atoms with Crippen molar-refractivity contribution in [2.75, 3.05) is 26.9 Å². The van der Waals surface area contributed by atoms with Crippen molar-refractivity contribution < 1.29 is 23.7 Å². The van der Waals surface area contributed by atoms with Crippen LogP contribution in [0.15, 0.2) is 42.5 Å². The van der Waals surface area contributed by atoms with Crippen LogP contribution in [0.2, 0.25) is 0 Å². The van der Waals surface area contributed by atoms with Crippen LogP contribution in [0, 0.1) is 5.92 Å². The van der Waals surface area contributed by atoms with Gasteiger partial charge in [0.15, 0.2) is 0 Å². The molecular formula is C20H24O5. The molecule has 0 saturated carbocycles. The van der Waals surface area contributed by atoms with Gasteiger partial charge in [-0.25, -0.2) is 4.79 Å². The third-order valence-electron chi connectivity index (χ3n) is 4.49. The van der Waals surface area contributed by atoms with Crippen LogP contribution in [0.5, 0.6) is 5.75 Å². The molecule has 0 N–H and O–H groups in total. The third-order valence-corrected chi connectivity index (χ3v) is 4.49. The summed E-state index contributed by atoms with van der Waals surface area (Å²) in [6.45, 7) is 3.21. The van der Waals surface area contributed by atoms with Crippen molar-refractivity contribution in [3.63, 3.8) is 0 Å². The third kappa shape index (κ3) is 4.30. The number of hydrogen-bond donors (Lipinski definition) is 0. The second-order valence-electron chi connectivity index (χ2n) is 6.42. The fraction of sp³-hybridized carbons (Fsp3) is 0.450. The van der Waals surface area contributed by atoms with Gasteiger partial charge in [0.2, 0.25) is 0 Å². The first-order valence-electron chi connectivity index (χ1n) is 8.59. The Kier molecular flexibility index (Phi) is 5.56. The molecule has 0 atom stereocenters. The Morgan fingerprint density at radius 3 is 2.60 bits per heavy atom. The van der Waals surface area contributed by atoms with Crippen LogP contribution >= 0.6 is 0 Å². The minimum atomic E-state index is -1.27. The van der Waals surface area contributed by atoms with E-state index >= 15 is 0 Å². The molecule has 2 aromatic rings. The van der Waals surface area contributed by atoms with E-state index in [9.17, 15) is 4.79 Å². The zero-order chi connectivity index (χ0) is 17.7. The van der Waals surface area contributed by atoms with Crippen LogP contribution in [-0.4, -0.2) is 38.7 Å². The maximum absolute atomic E-state index is 11.6. The molecule has 0 amide bonds. The number of carbonyl (C=O) groups excluding carboxylic acids is 1. The van der Waals surface area contributed by atoms with Gasteiger partial charge in [0, 0.05) is 12.8 Å².